The molecule has 0 amide bonds. The monoisotopic (exact) mass is 838 g/mol. The summed E-state index contributed by atoms with van der Waals surface area (Å²) in [7, 11) is 0. The van der Waals surface area contributed by atoms with E-state index in [1.807, 2.05) is 37.3 Å². The Kier molecular flexibility index (Phi) is 22.3. The average molecular weight is 839 g/mol. The van der Waals surface area contributed by atoms with Crippen LogP contribution >= 0.6 is 23.5 Å². The molecule has 316 valence electrons. The van der Waals surface area contributed by atoms with Crippen LogP contribution in [-0.2, 0) is 14.3 Å². The first kappa shape index (κ1) is 51.8. The summed E-state index contributed by atoms with van der Waals surface area (Å²) in [6.45, 7) is 12.2. The van der Waals surface area contributed by atoms with Gasteiger partial charge in [-0.05, 0) is 152 Å². The summed E-state index contributed by atoms with van der Waals surface area (Å²) in [5.74, 6) is 2.17. The second-order valence-electron chi connectivity index (χ2n) is 15.9. The van der Waals surface area contributed by atoms with E-state index in [-0.39, 0.29) is 41.7 Å². The summed E-state index contributed by atoms with van der Waals surface area (Å²) in [5.41, 5.74) is 6.06. The van der Waals surface area contributed by atoms with Crippen molar-refractivity contribution >= 4 is 35.5 Å². The van der Waals surface area contributed by atoms with Crippen LogP contribution in [0.3, 0.4) is 0 Å². The number of hydrogen-bond donors (Lipinski definition) is 1. The van der Waals surface area contributed by atoms with E-state index in [0.717, 1.165) is 64.5 Å². The van der Waals surface area contributed by atoms with Crippen LogP contribution < -0.4 is 28.3 Å². The number of carbonyl (C=O) groups excluding carboxylic acids is 1. The maximum atomic E-state index is 12.7. The zero-order valence-corrected chi connectivity index (χ0v) is 37.8. The second-order valence-corrected chi connectivity index (χ2v) is 17.7. The van der Waals surface area contributed by atoms with Gasteiger partial charge in [-0.25, -0.2) is 0 Å². The molecule has 2 saturated carbocycles. The van der Waals surface area contributed by atoms with Crippen LogP contribution in [0.15, 0.2) is 94.7 Å². The summed E-state index contributed by atoms with van der Waals surface area (Å²) in [4.78, 5) is 26.9. The van der Waals surface area contributed by atoms with Gasteiger partial charge in [0.25, 0.3) is 0 Å². The molecule has 2 aliphatic carbocycles. The predicted octanol–water partition coefficient (Wildman–Crippen LogP) is 8.64. The number of rotatable bonds is 19. The van der Waals surface area contributed by atoms with Gasteiger partial charge in [-0.2, -0.15) is 0 Å². The molecule has 59 heavy (non-hydrogen) atoms. The van der Waals surface area contributed by atoms with Crippen LogP contribution in [0.25, 0.3) is 22.3 Å². The zero-order chi connectivity index (χ0) is 40.2. The summed E-state index contributed by atoms with van der Waals surface area (Å²) in [5, 5.41) is 9.73. The van der Waals surface area contributed by atoms with Crippen LogP contribution in [0.4, 0.5) is 0 Å². The molecule has 0 heterocycles. The number of hydrogen-bond acceptors (Lipinski definition) is 8. The fraction of sp³-hybridized carbons (Fsp3) is 0.458. The number of ether oxygens (including phenoxy) is 3. The summed E-state index contributed by atoms with van der Waals surface area (Å²) >= 11 is 3.44. The van der Waals surface area contributed by atoms with Crippen molar-refractivity contribution in [2.45, 2.75) is 94.8 Å². The SMILES string of the molecule is CCOC(=O)C(CC(C)C)c1ccc(OCC2CC2)c(-c2ccc(SC)cc2)c1.CSc1ccc(-c2cc(C(CC(C)C)C(=O)O)ccc2OCC2CC2)cc1.O.[Li+].[OH-]. The van der Waals surface area contributed by atoms with Gasteiger partial charge in [0.05, 0.1) is 31.7 Å². The van der Waals surface area contributed by atoms with E-state index < -0.39 is 11.9 Å². The Morgan fingerprint density at radius 1 is 0.661 bits per heavy atom. The van der Waals surface area contributed by atoms with Crippen LogP contribution in [0.1, 0.15) is 96.1 Å². The molecule has 4 aromatic rings. The van der Waals surface area contributed by atoms with Crippen molar-refractivity contribution in [2.75, 3.05) is 32.3 Å². The summed E-state index contributed by atoms with van der Waals surface area (Å²) in [6.07, 6.45) is 10.5. The van der Waals surface area contributed by atoms with E-state index in [9.17, 15) is 14.7 Å². The first-order valence-corrected chi connectivity index (χ1v) is 22.7. The number of esters is 1. The van der Waals surface area contributed by atoms with Crippen molar-refractivity contribution < 1.29 is 58.7 Å². The Morgan fingerprint density at radius 3 is 1.39 bits per heavy atom. The fourth-order valence-electron chi connectivity index (χ4n) is 6.69. The van der Waals surface area contributed by atoms with Gasteiger partial charge in [0.1, 0.15) is 11.5 Å². The van der Waals surface area contributed by atoms with Gasteiger partial charge < -0.3 is 30.3 Å². The number of carbonyl (C=O) groups is 2. The first-order chi connectivity index (χ1) is 27.0. The third kappa shape index (κ3) is 15.9. The Balaban J connectivity index is 0.000000388. The molecule has 0 bridgehead atoms. The third-order valence-corrected chi connectivity index (χ3v) is 11.7. The van der Waals surface area contributed by atoms with Crippen LogP contribution in [0.2, 0.25) is 0 Å². The minimum atomic E-state index is -0.765. The quantitative estimate of drug-likeness (QED) is 0.0558. The van der Waals surface area contributed by atoms with Crippen molar-refractivity contribution in [2.24, 2.45) is 23.7 Å². The van der Waals surface area contributed by atoms with Crippen molar-refractivity contribution in [3.05, 3.63) is 96.1 Å². The van der Waals surface area contributed by atoms with Crippen molar-refractivity contribution in [1.82, 2.24) is 0 Å². The second kappa shape index (κ2) is 25.4. The van der Waals surface area contributed by atoms with Gasteiger partial charge >= 0.3 is 30.8 Å². The number of carboxylic acids is 1. The standard InChI is InChI=1S/C25H32O3S.C23H28O3S.Li.2H2O/c1-5-27-25(26)23(14-17(2)3)20-10-13-24(28-16-18-6-7-18)22(15-20)19-8-11-21(29-4)12-9-19;1-15(2)12-21(23(24)25)18-8-11-22(26-14-16-4-5-16)20(13-18)17-6-9-19(27-3)10-7-17;;;/h8-13,15,17-18,23H,5-7,14,16H2,1-4H3;6-11,13,15-16,21H,4-5,12,14H2,1-3H3,(H,24,25);;2*1H2/q;;+1;;/p-1. The third-order valence-electron chi connectivity index (χ3n) is 10.2. The molecular weight excluding hydrogens is 776 g/mol. The first-order valence-electron chi connectivity index (χ1n) is 20.2. The number of benzene rings is 4. The molecule has 0 aliphatic heterocycles. The van der Waals surface area contributed by atoms with E-state index in [2.05, 4.69) is 94.8 Å². The van der Waals surface area contributed by atoms with Crippen molar-refractivity contribution in [3.63, 3.8) is 0 Å². The van der Waals surface area contributed by atoms with Gasteiger partial charge in [0.2, 0.25) is 0 Å². The van der Waals surface area contributed by atoms with Gasteiger partial charge in [0.15, 0.2) is 0 Å². The number of aliphatic carboxylic acids is 1. The van der Waals surface area contributed by atoms with E-state index >= 15 is 0 Å². The van der Waals surface area contributed by atoms with E-state index in [4.69, 9.17) is 14.2 Å². The van der Waals surface area contributed by atoms with E-state index in [0.29, 0.717) is 36.7 Å². The number of carboxylic acid groups (broad SMARTS) is 1. The number of thioether (sulfide) groups is 2. The molecule has 2 aliphatic rings. The molecule has 0 aromatic heterocycles. The average Bonchev–Trinajstić information content (AvgIpc) is 4.14. The van der Waals surface area contributed by atoms with E-state index in [1.54, 1.807) is 23.5 Å². The molecule has 2 unspecified atom stereocenters. The molecule has 11 heteroatoms. The molecule has 0 spiro atoms. The molecule has 0 radical (unpaired) electrons. The zero-order valence-electron chi connectivity index (χ0n) is 36.2. The fourth-order valence-corrected chi connectivity index (χ4v) is 7.51. The summed E-state index contributed by atoms with van der Waals surface area (Å²) < 4.78 is 17.6. The van der Waals surface area contributed by atoms with Gasteiger partial charge in [0, 0.05) is 20.9 Å². The molecule has 6 rings (SSSR count). The Hall–Kier alpha value is -3.36. The van der Waals surface area contributed by atoms with E-state index in [1.165, 1.54) is 35.5 Å². The molecule has 4 N–H and O–H groups in total. The Labute approximate surface area is 372 Å². The van der Waals surface area contributed by atoms with Gasteiger partial charge in [-0.3, -0.25) is 9.59 Å². The normalized spacial score (nSPS) is 14.1. The Morgan fingerprint density at radius 2 is 1.05 bits per heavy atom. The molecule has 8 nitrogen and oxygen atoms in total. The van der Waals surface area contributed by atoms with Gasteiger partial charge in [-0.15, -0.1) is 23.5 Å². The van der Waals surface area contributed by atoms with Crippen LogP contribution in [0, 0.1) is 23.7 Å². The predicted molar refractivity (Wildman–Crippen MR) is 238 cm³/mol. The molecule has 4 aromatic carbocycles. The summed E-state index contributed by atoms with van der Waals surface area (Å²) in [6, 6.07) is 29.0. The van der Waals surface area contributed by atoms with Crippen molar-refractivity contribution in [3.8, 4) is 33.8 Å². The topological polar surface area (TPSA) is 144 Å². The van der Waals surface area contributed by atoms with Crippen LogP contribution in [0.5, 0.6) is 11.5 Å². The van der Waals surface area contributed by atoms with Crippen molar-refractivity contribution in [1.29, 1.82) is 0 Å². The molecule has 0 saturated heterocycles. The smallest absolute Gasteiger partial charge is 0.870 e. The van der Waals surface area contributed by atoms with Gasteiger partial charge in [-0.1, -0.05) is 64.1 Å². The molecule has 2 atom stereocenters. The van der Waals surface area contributed by atoms with Crippen LogP contribution in [-0.4, -0.2) is 60.3 Å². The minimum absolute atomic E-state index is 0. The molecular formula is C48H63LiO8S2. The largest absolute Gasteiger partial charge is 1.00 e. The molecule has 2 fully saturated rings. The Bertz CT molecular complexity index is 1880. The maximum absolute atomic E-state index is 12.7. The minimum Gasteiger partial charge on any atom is -0.870 e. The maximum Gasteiger partial charge on any atom is 1.00 e.